The molecular formula is C12H18O. The molecule has 0 aliphatic heterocycles. The van der Waals surface area contributed by atoms with Crippen molar-refractivity contribution in [2.24, 2.45) is 0 Å². The topological polar surface area (TPSA) is 20.2 Å². The zero-order valence-electron chi connectivity index (χ0n) is 8.94. The Labute approximate surface area is 80.4 Å². The normalized spacial score (nSPS) is 10.5. The molecule has 0 radical (unpaired) electrons. The van der Waals surface area contributed by atoms with E-state index >= 15 is 0 Å². The molecular weight excluding hydrogens is 160 g/mol. The van der Waals surface area contributed by atoms with Crippen LogP contribution in [0.25, 0.3) is 0 Å². The first-order valence-electron chi connectivity index (χ1n) is 4.75. The van der Waals surface area contributed by atoms with Gasteiger partial charge in [-0.1, -0.05) is 6.07 Å². The molecule has 0 saturated heterocycles. The van der Waals surface area contributed by atoms with E-state index in [1.807, 2.05) is 0 Å². The summed E-state index contributed by atoms with van der Waals surface area (Å²) < 4.78 is 0. The summed E-state index contributed by atoms with van der Waals surface area (Å²) >= 11 is 0. The molecule has 0 aliphatic rings. The second-order valence-corrected chi connectivity index (χ2v) is 3.71. The molecule has 0 unspecified atom stereocenters. The minimum Gasteiger partial charge on any atom is -0.396 e. The first-order valence-corrected chi connectivity index (χ1v) is 4.75. The van der Waals surface area contributed by atoms with E-state index in [-0.39, 0.29) is 6.61 Å². The number of hydrogen-bond acceptors (Lipinski definition) is 1. The van der Waals surface area contributed by atoms with Crippen LogP contribution in [-0.4, -0.2) is 11.7 Å². The van der Waals surface area contributed by atoms with Gasteiger partial charge in [-0.25, -0.2) is 0 Å². The van der Waals surface area contributed by atoms with Gasteiger partial charge < -0.3 is 5.11 Å². The Bertz CT molecular complexity index is 313. The molecule has 72 valence electrons. The summed E-state index contributed by atoms with van der Waals surface area (Å²) in [5.41, 5.74) is 6.65. The van der Waals surface area contributed by atoms with Crippen LogP contribution in [0.5, 0.6) is 0 Å². The molecule has 0 fully saturated rings. The van der Waals surface area contributed by atoms with Crippen LogP contribution in [0.3, 0.4) is 0 Å². The lowest BCUT2D eigenvalue weighted by Crippen LogP contribution is -2.01. The van der Waals surface area contributed by atoms with E-state index in [1.54, 1.807) is 0 Å². The Kier molecular flexibility index (Phi) is 3.10. The van der Waals surface area contributed by atoms with Crippen LogP contribution in [0.15, 0.2) is 6.07 Å². The quantitative estimate of drug-likeness (QED) is 0.737. The third-order valence-electron chi connectivity index (χ3n) is 2.88. The molecule has 0 bridgehead atoms. The van der Waals surface area contributed by atoms with Crippen molar-refractivity contribution in [3.8, 4) is 0 Å². The summed E-state index contributed by atoms with van der Waals surface area (Å²) in [7, 11) is 0. The fourth-order valence-corrected chi connectivity index (χ4v) is 1.83. The van der Waals surface area contributed by atoms with Crippen molar-refractivity contribution in [2.45, 2.75) is 34.1 Å². The van der Waals surface area contributed by atoms with Crippen molar-refractivity contribution in [1.82, 2.24) is 0 Å². The maximum Gasteiger partial charge on any atom is 0.0471 e. The summed E-state index contributed by atoms with van der Waals surface area (Å²) in [5, 5.41) is 8.93. The Morgan fingerprint density at radius 3 is 2.15 bits per heavy atom. The maximum atomic E-state index is 8.93. The van der Waals surface area contributed by atoms with E-state index in [0.717, 1.165) is 6.42 Å². The summed E-state index contributed by atoms with van der Waals surface area (Å²) in [5.74, 6) is 0. The van der Waals surface area contributed by atoms with Gasteiger partial charge in [-0.05, 0) is 61.9 Å². The van der Waals surface area contributed by atoms with Gasteiger partial charge in [0.2, 0.25) is 0 Å². The fourth-order valence-electron chi connectivity index (χ4n) is 1.83. The van der Waals surface area contributed by atoms with Crippen molar-refractivity contribution in [1.29, 1.82) is 0 Å². The highest BCUT2D eigenvalue weighted by Crippen LogP contribution is 2.21. The van der Waals surface area contributed by atoms with E-state index in [2.05, 4.69) is 33.8 Å². The maximum absolute atomic E-state index is 8.93. The van der Waals surface area contributed by atoms with Crippen molar-refractivity contribution < 1.29 is 5.11 Å². The summed E-state index contributed by atoms with van der Waals surface area (Å²) in [6, 6.07) is 2.20. The monoisotopic (exact) mass is 178 g/mol. The molecule has 0 saturated carbocycles. The van der Waals surface area contributed by atoms with Gasteiger partial charge >= 0.3 is 0 Å². The van der Waals surface area contributed by atoms with Crippen molar-refractivity contribution in [3.63, 3.8) is 0 Å². The molecule has 0 aromatic heterocycles. The van der Waals surface area contributed by atoms with E-state index in [1.165, 1.54) is 27.8 Å². The highest BCUT2D eigenvalue weighted by Gasteiger charge is 2.06. The van der Waals surface area contributed by atoms with Crippen LogP contribution < -0.4 is 0 Å². The van der Waals surface area contributed by atoms with Crippen LogP contribution in [0.4, 0.5) is 0 Å². The lowest BCUT2D eigenvalue weighted by Gasteiger charge is -2.13. The molecule has 1 aromatic carbocycles. The molecule has 0 atom stereocenters. The van der Waals surface area contributed by atoms with Crippen LogP contribution >= 0.6 is 0 Å². The summed E-state index contributed by atoms with van der Waals surface area (Å²) in [4.78, 5) is 0. The molecule has 13 heavy (non-hydrogen) atoms. The molecule has 0 spiro atoms. The van der Waals surface area contributed by atoms with Crippen LogP contribution in [0.1, 0.15) is 27.8 Å². The van der Waals surface area contributed by atoms with Crippen LogP contribution in [0, 0.1) is 27.7 Å². The minimum atomic E-state index is 0.240. The number of rotatable bonds is 2. The average molecular weight is 178 g/mol. The van der Waals surface area contributed by atoms with Gasteiger partial charge in [-0.15, -0.1) is 0 Å². The van der Waals surface area contributed by atoms with E-state index in [9.17, 15) is 0 Å². The van der Waals surface area contributed by atoms with Crippen molar-refractivity contribution in [3.05, 3.63) is 33.9 Å². The first kappa shape index (κ1) is 10.3. The lowest BCUT2D eigenvalue weighted by molar-refractivity contribution is 0.299. The summed E-state index contributed by atoms with van der Waals surface area (Å²) in [6.07, 6.45) is 0.777. The third kappa shape index (κ3) is 1.92. The Balaban J connectivity index is 3.26. The molecule has 0 heterocycles. The van der Waals surface area contributed by atoms with Gasteiger partial charge in [-0.3, -0.25) is 0 Å². The number of aryl methyl sites for hydroxylation is 2. The first-order chi connectivity index (χ1) is 6.07. The minimum absolute atomic E-state index is 0.240. The number of aliphatic hydroxyl groups is 1. The Hall–Kier alpha value is -0.820. The van der Waals surface area contributed by atoms with Crippen molar-refractivity contribution in [2.75, 3.05) is 6.61 Å². The smallest absolute Gasteiger partial charge is 0.0471 e. The predicted molar refractivity (Wildman–Crippen MR) is 56.2 cm³/mol. The van der Waals surface area contributed by atoms with Gasteiger partial charge in [0.15, 0.2) is 0 Å². The highest BCUT2D eigenvalue weighted by atomic mass is 16.2. The van der Waals surface area contributed by atoms with Crippen molar-refractivity contribution >= 4 is 0 Å². The fraction of sp³-hybridized carbons (Fsp3) is 0.500. The van der Waals surface area contributed by atoms with Crippen LogP contribution in [0.2, 0.25) is 0 Å². The molecule has 0 aliphatic carbocycles. The van der Waals surface area contributed by atoms with E-state index in [4.69, 9.17) is 5.11 Å². The second-order valence-electron chi connectivity index (χ2n) is 3.71. The lowest BCUT2D eigenvalue weighted by atomic mass is 9.93. The second kappa shape index (κ2) is 3.93. The van der Waals surface area contributed by atoms with Crippen LogP contribution in [-0.2, 0) is 6.42 Å². The Morgan fingerprint density at radius 2 is 1.62 bits per heavy atom. The molecule has 1 nitrogen and oxygen atoms in total. The Morgan fingerprint density at radius 1 is 1.00 bits per heavy atom. The highest BCUT2D eigenvalue weighted by molar-refractivity contribution is 5.43. The predicted octanol–water partition coefficient (Wildman–Crippen LogP) is 2.46. The SMILES string of the molecule is Cc1cc(C)c(CCO)c(C)c1C. The number of hydrogen-bond donors (Lipinski definition) is 1. The molecule has 1 N–H and O–H groups in total. The van der Waals surface area contributed by atoms with Gasteiger partial charge in [0.1, 0.15) is 0 Å². The average Bonchev–Trinajstić information content (AvgIpc) is 2.09. The zero-order chi connectivity index (χ0) is 10.0. The third-order valence-corrected chi connectivity index (χ3v) is 2.88. The van der Waals surface area contributed by atoms with Gasteiger partial charge in [0.05, 0.1) is 0 Å². The molecule has 1 heteroatoms. The van der Waals surface area contributed by atoms with E-state index < -0.39 is 0 Å². The molecule has 1 aromatic rings. The van der Waals surface area contributed by atoms with Gasteiger partial charge in [0, 0.05) is 6.61 Å². The van der Waals surface area contributed by atoms with Gasteiger partial charge in [0.25, 0.3) is 0 Å². The summed E-state index contributed by atoms with van der Waals surface area (Å²) in [6.45, 7) is 8.78. The standard InChI is InChI=1S/C12H18O/c1-8-7-9(2)12(5-6-13)11(4)10(8)3/h7,13H,5-6H2,1-4H3. The molecule has 0 amide bonds. The largest absolute Gasteiger partial charge is 0.396 e. The van der Waals surface area contributed by atoms with E-state index in [0.29, 0.717) is 0 Å². The molecule has 1 rings (SSSR count). The number of aliphatic hydroxyl groups excluding tert-OH is 1. The van der Waals surface area contributed by atoms with Gasteiger partial charge in [-0.2, -0.15) is 0 Å². The number of benzene rings is 1. The zero-order valence-corrected chi connectivity index (χ0v) is 8.94.